The fourth-order valence-corrected chi connectivity index (χ4v) is 2.24. The molecule has 1 aromatic heterocycles. The van der Waals surface area contributed by atoms with Crippen LogP contribution < -0.4 is 11.1 Å². The number of nitrogens with one attached hydrogen (secondary N) is 1. The van der Waals surface area contributed by atoms with Crippen LogP contribution in [0.15, 0.2) is 40.3 Å². The van der Waals surface area contributed by atoms with Gasteiger partial charge in [0.2, 0.25) is 5.91 Å². The maximum absolute atomic E-state index is 12.0. The van der Waals surface area contributed by atoms with E-state index in [9.17, 15) is 4.79 Å². The standard InChI is InChI=1S/C12H12ClN3O2S/c1-7(19-12-15-4-5-18-12)11(17)16-10-3-2-8(13)6-9(10)14/h2-7H,14H2,1H3,(H,16,17). The molecule has 1 atom stereocenters. The third kappa shape index (κ3) is 3.65. The monoisotopic (exact) mass is 297 g/mol. The Labute approximate surface area is 119 Å². The number of oxazole rings is 1. The number of nitrogens with two attached hydrogens (primary N) is 1. The van der Waals surface area contributed by atoms with Crippen LogP contribution in [0, 0.1) is 0 Å². The van der Waals surface area contributed by atoms with E-state index < -0.39 is 0 Å². The van der Waals surface area contributed by atoms with Gasteiger partial charge in [0.25, 0.3) is 5.22 Å². The molecule has 1 heterocycles. The molecule has 0 bridgehead atoms. The molecule has 2 aromatic rings. The van der Waals surface area contributed by atoms with E-state index in [4.69, 9.17) is 21.8 Å². The molecule has 0 fully saturated rings. The first-order chi connectivity index (χ1) is 9.06. The first-order valence-electron chi connectivity index (χ1n) is 5.48. The summed E-state index contributed by atoms with van der Waals surface area (Å²) in [5.74, 6) is -0.183. The van der Waals surface area contributed by atoms with Crippen molar-refractivity contribution in [3.8, 4) is 0 Å². The molecule has 5 nitrogen and oxygen atoms in total. The summed E-state index contributed by atoms with van der Waals surface area (Å²) >= 11 is 7.02. The van der Waals surface area contributed by atoms with Crippen molar-refractivity contribution in [1.29, 1.82) is 0 Å². The van der Waals surface area contributed by atoms with Crippen LogP contribution in [-0.4, -0.2) is 16.1 Å². The maximum atomic E-state index is 12.0. The lowest BCUT2D eigenvalue weighted by molar-refractivity contribution is -0.115. The number of benzene rings is 1. The summed E-state index contributed by atoms with van der Waals surface area (Å²) in [6, 6.07) is 4.92. The summed E-state index contributed by atoms with van der Waals surface area (Å²) in [6.07, 6.45) is 2.99. The lowest BCUT2D eigenvalue weighted by atomic mass is 10.2. The molecule has 0 spiro atoms. The minimum atomic E-state index is -0.353. The van der Waals surface area contributed by atoms with E-state index in [1.165, 1.54) is 24.2 Å². The van der Waals surface area contributed by atoms with Crippen molar-refractivity contribution in [2.75, 3.05) is 11.1 Å². The third-order valence-electron chi connectivity index (χ3n) is 2.33. The number of carbonyl (C=O) groups is 1. The number of carbonyl (C=O) groups excluding carboxylic acids is 1. The van der Waals surface area contributed by atoms with Crippen LogP contribution >= 0.6 is 23.4 Å². The van der Waals surface area contributed by atoms with Gasteiger partial charge in [-0.15, -0.1) is 0 Å². The van der Waals surface area contributed by atoms with Gasteiger partial charge in [-0.05, 0) is 25.1 Å². The van der Waals surface area contributed by atoms with Crippen LogP contribution in [0.1, 0.15) is 6.92 Å². The van der Waals surface area contributed by atoms with Gasteiger partial charge in [-0.2, -0.15) is 0 Å². The van der Waals surface area contributed by atoms with Gasteiger partial charge in [-0.1, -0.05) is 23.4 Å². The highest BCUT2D eigenvalue weighted by Gasteiger charge is 2.17. The molecule has 100 valence electrons. The quantitative estimate of drug-likeness (QED) is 0.669. The normalized spacial score (nSPS) is 12.1. The lowest BCUT2D eigenvalue weighted by Gasteiger charge is -2.11. The Morgan fingerprint density at radius 2 is 2.37 bits per heavy atom. The van der Waals surface area contributed by atoms with E-state index >= 15 is 0 Å². The number of hydrogen-bond acceptors (Lipinski definition) is 5. The van der Waals surface area contributed by atoms with Crippen LogP contribution in [-0.2, 0) is 4.79 Å². The second kappa shape index (κ2) is 5.99. The fraction of sp³-hybridized carbons (Fsp3) is 0.167. The predicted molar refractivity (Wildman–Crippen MR) is 76.3 cm³/mol. The van der Waals surface area contributed by atoms with Gasteiger partial charge < -0.3 is 15.5 Å². The Balaban J connectivity index is 2.00. The summed E-state index contributed by atoms with van der Waals surface area (Å²) in [6.45, 7) is 1.76. The Morgan fingerprint density at radius 3 is 3.00 bits per heavy atom. The molecular formula is C12H12ClN3O2S. The largest absolute Gasteiger partial charge is 0.440 e. The summed E-state index contributed by atoms with van der Waals surface area (Å²) in [5, 5.41) is 3.36. The number of aromatic nitrogens is 1. The van der Waals surface area contributed by atoms with Gasteiger partial charge in [-0.3, -0.25) is 4.79 Å². The summed E-state index contributed by atoms with van der Waals surface area (Å²) < 4.78 is 5.07. The molecule has 7 heteroatoms. The van der Waals surface area contributed by atoms with Crippen molar-refractivity contribution < 1.29 is 9.21 Å². The number of nitrogen functional groups attached to an aromatic ring is 1. The third-order valence-corrected chi connectivity index (χ3v) is 3.53. The second-order valence-corrected chi connectivity index (χ2v) is 5.51. The molecule has 0 saturated heterocycles. The van der Waals surface area contributed by atoms with E-state index in [0.717, 1.165) is 0 Å². The summed E-state index contributed by atoms with van der Waals surface area (Å²) in [4.78, 5) is 15.9. The number of hydrogen-bond donors (Lipinski definition) is 2. The number of halogens is 1. The van der Waals surface area contributed by atoms with Crippen molar-refractivity contribution in [3.05, 3.63) is 35.7 Å². The van der Waals surface area contributed by atoms with Gasteiger partial charge in [0.05, 0.1) is 22.8 Å². The zero-order valence-electron chi connectivity index (χ0n) is 10.1. The number of anilines is 2. The van der Waals surface area contributed by atoms with Crippen molar-refractivity contribution in [2.45, 2.75) is 17.4 Å². The summed E-state index contributed by atoms with van der Waals surface area (Å²) in [5.41, 5.74) is 6.73. The zero-order chi connectivity index (χ0) is 13.8. The number of rotatable bonds is 4. The molecule has 0 aliphatic rings. The maximum Gasteiger partial charge on any atom is 0.256 e. The highest BCUT2D eigenvalue weighted by molar-refractivity contribution is 8.00. The van der Waals surface area contributed by atoms with Gasteiger partial charge >= 0.3 is 0 Å². The topological polar surface area (TPSA) is 81.2 Å². The van der Waals surface area contributed by atoms with E-state index in [-0.39, 0.29) is 11.2 Å². The van der Waals surface area contributed by atoms with Crippen LogP contribution in [0.25, 0.3) is 0 Å². The molecule has 0 radical (unpaired) electrons. The predicted octanol–water partition coefficient (Wildman–Crippen LogP) is 3.03. The molecule has 1 aromatic carbocycles. The molecule has 19 heavy (non-hydrogen) atoms. The molecule has 2 rings (SSSR count). The zero-order valence-corrected chi connectivity index (χ0v) is 11.7. The van der Waals surface area contributed by atoms with Crippen LogP contribution in [0.2, 0.25) is 5.02 Å². The Hall–Kier alpha value is -1.66. The minimum absolute atomic E-state index is 0.183. The van der Waals surface area contributed by atoms with Crippen molar-refractivity contribution >= 4 is 40.6 Å². The van der Waals surface area contributed by atoms with Gasteiger partial charge in [0, 0.05) is 5.02 Å². The minimum Gasteiger partial charge on any atom is -0.440 e. The average molecular weight is 298 g/mol. The van der Waals surface area contributed by atoms with Crippen molar-refractivity contribution in [1.82, 2.24) is 4.98 Å². The summed E-state index contributed by atoms with van der Waals surface area (Å²) in [7, 11) is 0. The molecule has 3 N–H and O–H groups in total. The Bertz CT molecular complexity index is 574. The van der Waals surface area contributed by atoms with Gasteiger partial charge in [0.15, 0.2) is 0 Å². The SMILES string of the molecule is CC(Sc1ncco1)C(=O)Nc1ccc(Cl)cc1N. The second-order valence-electron chi connectivity index (χ2n) is 3.78. The highest BCUT2D eigenvalue weighted by atomic mass is 35.5. The van der Waals surface area contributed by atoms with Crippen LogP contribution in [0.3, 0.4) is 0 Å². The lowest BCUT2D eigenvalue weighted by Crippen LogP contribution is -2.22. The number of thioether (sulfide) groups is 1. The fourth-order valence-electron chi connectivity index (χ4n) is 1.36. The smallest absolute Gasteiger partial charge is 0.256 e. The molecule has 0 aliphatic carbocycles. The van der Waals surface area contributed by atoms with E-state index in [1.807, 2.05) is 0 Å². The van der Waals surface area contributed by atoms with E-state index in [0.29, 0.717) is 21.6 Å². The van der Waals surface area contributed by atoms with E-state index in [1.54, 1.807) is 25.1 Å². The molecule has 0 aliphatic heterocycles. The highest BCUT2D eigenvalue weighted by Crippen LogP contribution is 2.25. The molecule has 1 unspecified atom stereocenters. The average Bonchev–Trinajstić information content (AvgIpc) is 2.85. The Morgan fingerprint density at radius 1 is 1.58 bits per heavy atom. The molecule has 1 amide bonds. The number of amides is 1. The molecular weight excluding hydrogens is 286 g/mol. The molecule has 0 saturated carbocycles. The van der Waals surface area contributed by atoms with Crippen LogP contribution in [0.4, 0.5) is 11.4 Å². The first kappa shape index (κ1) is 13.8. The van der Waals surface area contributed by atoms with E-state index in [2.05, 4.69) is 10.3 Å². The van der Waals surface area contributed by atoms with Crippen LogP contribution in [0.5, 0.6) is 0 Å². The number of nitrogens with zero attached hydrogens (tertiary/aromatic N) is 1. The van der Waals surface area contributed by atoms with Gasteiger partial charge in [0.1, 0.15) is 6.26 Å². The van der Waals surface area contributed by atoms with Crippen molar-refractivity contribution in [3.63, 3.8) is 0 Å². The first-order valence-corrected chi connectivity index (χ1v) is 6.74. The van der Waals surface area contributed by atoms with Crippen molar-refractivity contribution in [2.24, 2.45) is 0 Å². The van der Waals surface area contributed by atoms with Gasteiger partial charge in [-0.25, -0.2) is 4.98 Å². The Kier molecular flexibility index (Phi) is 4.34.